The molecule has 0 aliphatic carbocycles. The largest absolute Gasteiger partial charge is 0.331 e. The molecule has 0 N–H and O–H groups in total. The molecule has 0 aromatic carbocycles. The summed E-state index contributed by atoms with van der Waals surface area (Å²) in [5.41, 5.74) is 0. The molecule has 15 heavy (non-hydrogen) atoms. The summed E-state index contributed by atoms with van der Waals surface area (Å²) in [5, 5.41) is 0. The number of halogens is 5. The van der Waals surface area contributed by atoms with Gasteiger partial charge >= 0.3 is 4.83 Å². The van der Waals surface area contributed by atoms with Crippen molar-refractivity contribution in [1.29, 1.82) is 0 Å². The van der Waals surface area contributed by atoms with Crippen LogP contribution in [0.25, 0.3) is 0 Å². The first kappa shape index (κ1) is 13.6. The number of nitrogens with zero attached hydrogens (tertiary/aromatic N) is 1. The van der Waals surface area contributed by atoms with Gasteiger partial charge in [0.25, 0.3) is 0 Å². The molecule has 0 bridgehead atoms. The summed E-state index contributed by atoms with van der Waals surface area (Å²) in [6.45, 7) is 0. The van der Waals surface area contributed by atoms with Crippen molar-refractivity contribution < 1.29 is 13.2 Å². The molecule has 1 aromatic heterocycles. The summed E-state index contributed by atoms with van der Waals surface area (Å²) in [6, 6.07) is 0. The number of alkyl halides is 4. The fraction of sp³-hybridized carbons (Fsp3) is 0.571. The molecule has 1 nitrogen and oxygen atoms in total. The minimum Gasteiger partial charge on any atom is -0.240 e. The maximum atomic E-state index is 12.8. The molecule has 1 atom stereocenters. The normalized spacial score (nSPS) is 14.2. The molecule has 1 rings (SSSR count). The molecule has 1 aromatic rings. The first-order chi connectivity index (χ1) is 6.89. The van der Waals surface area contributed by atoms with E-state index < -0.39 is 11.0 Å². The number of thiazole rings is 1. The summed E-state index contributed by atoms with van der Waals surface area (Å²) in [5.74, 6) is 0.242. The molecule has 1 unspecified atom stereocenters. The van der Waals surface area contributed by atoms with Crippen LogP contribution in [0.15, 0.2) is 10.5 Å². The number of thioether (sulfide) groups is 1. The third-order valence-corrected chi connectivity index (χ3v) is 4.21. The lowest BCUT2D eigenvalue weighted by Gasteiger charge is -2.12. The van der Waals surface area contributed by atoms with Gasteiger partial charge in [0.15, 0.2) is 10.5 Å². The number of aromatic nitrogens is 1. The Bertz CT molecular complexity index is 317. The predicted octanol–water partition coefficient (Wildman–Crippen LogP) is 4.60. The minimum absolute atomic E-state index is 0.236. The second-order valence-electron chi connectivity index (χ2n) is 2.58. The fourth-order valence-electron chi connectivity index (χ4n) is 0.720. The van der Waals surface area contributed by atoms with Crippen molar-refractivity contribution in [3.63, 3.8) is 0 Å². The van der Waals surface area contributed by atoms with Crippen molar-refractivity contribution >= 4 is 50.6 Å². The molecule has 86 valence electrons. The Morgan fingerprint density at radius 2 is 2.33 bits per heavy atom. The molecule has 0 radical (unpaired) electrons. The first-order valence-corrected chi connectivity index (χ1v) is 6.82. The Kier molecular flexibility index (Phi) is 5.21. The zero-order valence-corrected chi connectivity index (χ0v) is 11.2. The van der Waals surface area contributed by atoms with Gasteiger partial charge in [0, 0.05) is 5.75 Å². The highest BCUT2D eigenvalue weighted by Gasteiger charge is 2.36. The number of hydrogen-bond donors (Lipinski definition) is 0. The smallest absolute Gasteiger partial charge is 0.240 e. The second kappa shape index (κ2) is 5.75. The van der Waals surface area contributed by atoms with Gasteiger partial charge in [-0.2, -0.15) is 8.78 Å². The van der Waals surface area contributed by atoms with E-state index >= 15 is 0 Å². The fourth-order valence-corrected chi connectivity index (χ4v) is 3.11. The van der Waals surface area contributed by atoms with Gasteiger partial charge in [0.05, 0.1) is 6.20 Å². The highest BCUT2D eigenvalue weighted by atomic mass is 79.9. The summed E-state index contributed by atoms with van der Waals surface area (Å²) in [4.78, 5) is 0.452. The Morgan fingerprint density at radius 3 is 2.80 bits per heavy atom. The van der Waals surface area contributed by atoms with Gasteiger partial charge in [0.1, 0.15) is 4.34 Å². The Labute approximate surface area is 107 Å². The van der Waals surface area contributed by atoms with E-state index in [-0.39, 0.29) is 12.2 Å². The van der Waals surface area contributed by atoms with Crippen molar-refractivity contribution in [1.82, 2.24) is 4.98 Å². The quantitative estimate of drug-likeness (QED) is 0.574. The van der Waals surface area contributed by atoms with Gasteiger partial charge in [-0.05, 0) is 22.4 Å². The lowest BCUT2D eigenvalue weighted by atomic mass is 10.3. The van der Waals surface area contributed by atoms with Crippen LogP contribution in [0.3, 0.4) is 0 Å². The Morgan fingerprint density at radius 1 is 1.67 bits per heavy atom. The summed E-state index contributed by atoms with van der Waals surface area (Å²) >= 11 is 10.1. The molecule has 8 heteroatoms. The third kappa shape index (κ3) is 4.93. The summed E-state index contributed by atoms with van der Waals surface area (Å²) in [7, 11) is 0. The second-order valence-corrected chi connectivity index (χ2v) is 6.64. The molecular weight excluding hydrogens is 335 g/mol. The van der Waals surface area contributed by atoms with Gasteiger partial charge in [-0.3, -0.25) is 0 Å². The number of hydrogen-bond acceptors (Lipinski definition) is 3. The van der Waals surface area contributed by atoms with E-state index in [0.717, 1.165) is 0 Å². The van der Waals surface area contributed by atoms with Gasteiger partial charge < -0.3 is 0 Å². The first-order valence-electron chi connectivity index (χ1n) is 3.84. The van der Waals surface area contributed by atoms with Gasteiger partial charge in [-0.15, -0.1) is 0 Å². The lowest BCUT2D eigenvalue weighted by molar-refractivity contribution is 0.0210. The monoisotopic (exact) mass is 339 g/mol. The van der Waals surface area contributed by atoms with E-state index in [0.29, 0.717) is 8.68 Å². The van der Waals surface area contributed by atoms with Gasteiger partial charge in [0.2, 0.25) is 0 Å². The van der Waals surface area contributed by atoms with E-state index in [1.165, 1.54) is 29.3 Å². The van der Waals surface area contributed by atoms with E-state index in [9.17, 15) is 13.2 Å². The molecular formula is C7H6BrClF3NS2. The van der Waals surface area contributed by atoms with Crippen molar-refractivity contribution in [2.24, 2.45) is 0 Å². The number of rotatable bonds is 5. The summed E-state index contributed by atoms with van der Waals surface area (Å²) < 4.78 is 38.6. The van der Waals surface area contributed by atoms with Crippen LogP contribution in [-0.4, -0.2) is 21.7 Å². The van der Waals surface area contributed by atoms with Crippen molar-refractivity contribution in [2.45, 2.75) is 21.8 Å². The summed E-state index contributed by atoms with van der Waals surface area (Å²) in [6.07, 6.45) is -0.943. The van der Waals surface area contributed by atoms with Crippen LogP contribution in [0.5, 0.6) is 0 Å². The zero-order valence-electron chi connectivity index (χ0n) is 7.22. The predicted molar refractivity (Wildman–Crippen MR) is 61.2 cm³/mol. The van der Waals surface area contributed by atoms with Crippen LogP contribution in [0.4, 0.5) is 13.2 Å². The van der Waals surface area contributed by atoms with Crippen LogP contribution in [0.2, 0.25) is 4.34 Å². The topological polar surface area (TPSA) is 12.9 Å². The van der Waals surface area contributed by atoms with Crippen LogP contribution < -0.4 is 0 Å². The standard InChI is InChI=1S/C7H6BrClF3NS2/c8-7(11,12)4(10)1-2-14-6-13-3-5(9)15-6/h3-4H,1-2H2. The molecule has 0 spiro atoms. The maximum Gasteiger partial charge on any atom is 0.331 e. The lowest BCUT2D eigenvalue weighted by Crippen LogP contribution is -2.22. The van der Waals surface area contributed by atoms with E-state index in [1.54, 1.807) is 0 Å². The Hall–Kier alpha value is 0.540. The molecule has 1 heterocycles. The van der Waals surface area contributed by atoms with Gasteiger partial charge in [-0.1, -0.05) is 34.7 Å². The van der Waals surface area contributed by atoms with E-state index in [4.69, 9.17) is 11.6 Å². The molecule has 0 aliphatic heterocycles. The highest BCUT2D eigenvalue weighted by molar-refractivity contribution is 9.10. The average Bonchev–Trinajstić information content (AvgIpc) is 2.49. The van der Waals surface area contributed by atoms with Crippen LogP contribution in [0.1, 0.15) is 6.42 Å². The molecule has 0 saturated carbocycles. The van der Waals surface area contributed by atoms with E-state index in [1.807, 2.05) is 15.9 Å². The van der Waals surface area contributed by atoms with Gasteiger partial charge in [-0.25, -0.2) is 9.37 Å². The molecule has 0 fully saturated rings. The average molecular weight is 341 g/mol. The zero-order chi connectivity index (χ0) is 11.5. The van der Waals surface area contributed by atoms with Crippen molar-refractivity contribution in [2.75, 3.05) is 5.75 Å². The van der Waals surface area contributed by atoms with E-state index in [2.05, 4.69) is 4.98 Å². The highest BCUT2D eigenvalue weighted by Crippen LogP contribution is 2.33. The molecule has 0 saturated heterocycles. The van der Waals surface area contributed by atoms with Crippen LogP contribution in [-0.2, 0) is 0 Å². The minimum atomic E-state index is -3.45. The van der Waals surface area contributed by atoms with Crippen molar-refractivity contribution in [3.8, 4) is 0 Å². The third-order valence-electron chi connectivity index (χ3n) is 1.41. The SMILES string of the molecule is FC(CCSc1ncc(Cl)s1)C(F)(F)Br. The molecule has 0 amide bonds. The Balaban J connectivity index is 2.28. The maximum absolute atomic E-state index is 12.8. The van der Waals surface area contributed by atoms with Crippen molar-refractivity contribution in [3.05, 3.63) is 10.5 Å². The molecule has 0 aliphatic rings. The van der Waals surface area contributed by atoms with Crippen LogP contribution >= 0.6 is 50.6 Å². The van der Waals surface area contributed by atoms with Crippen LogP contribution in [0, 0.1) is 0 Å².